The molecule has 0 aromatic heterocycles. The van der Waals surface area contributed by atoms with Crippen molar-refractivity contribution in [3.63, 3.8) is 0 Å². The lowest BCUT2D eigenvalue weighted by Gasteiger charge is -2.18. The molecule has 0 bridgehead atoms. The Labute approximate surface area is 133 Å². The maximum atomic E-state index is 10.4. The van der Waals surface area contributed by atoms with Gasteiger partial charge in [0.25, 0.3) is 0 Å². The zero-order valence-electron chi connectivity index (χ0n) is 13.0. The minimum absolute atomic E-state index is 0.328. The number of nitrogens with one attached hydrogen (secondary N) is 1. The highest BCUT2D eigenvalue weighted by molar-refractivity contribution is 5.30. The molecule has 2 aromatic carbocycles. The molecule has 0 aliphatic heterocycles. The van der Waals surface area contributed by atoms with Gasteiger partial charge in [-0.25, -0.2) is 0 Å². The molecule has 1 aliphatic carbocycles. The molecule has 2 atom stereocenters. The van der Waals surface area contributed by atoms with Gasteiger partial charge in [-0.2, -0.15) is 0 Å². The predicted octanol–water partition coefficient (Wildman–Crippen LogP) is 3.65. The fraction of sp³-hybridized carbons (Fsp3) is 0.400. The molecule has 0 radical (unpaired) electrons. The minimum atomic E-state index is -0.328. The van der Waals surface area contributed by atoms with E-state index in [1.165, 1.54) is 11.1 Å². The van der Waals surface area contributed by atoms with E-state index in [0.717, 1.165) is 44.2 Å². The van der Waals surface area contributed by atoms with Gasteiger partial charge in [-0.15, -0.1) is 0 Å². The van der Waals surface area contributed by atoms with E-state index in [2.05, 4.69) is 53.8 Å². The molecule has 2 N–H and O–H groups in total. The summed E-state index contributed by atoms with van der Waals surface area (Å²) in [4.78, 5) is 0. The highest BCUT2D eigenvalue weighted by Crippen LogP contribution is 2.28. The summed E-state index contributed by atoms with van der Waals surface area (Å²) in [5, 5.41) is 14.0. The van der Waals surface area contributed by atoms with E-state index >= 15 is 0 Å². The quantitative estimate of drug-likeness (QED) is 0.652. The van der Waals surface area contributed by atoms with Gasteiger partial charge in [0.2, 0.25) is 0 Å². The second kappa shape index (κ2) is 7.57. The van der Waals surface area contributed by atoms with Crippen molar-refractivity contribution < 1.29 is 5.11 Å². The van der Waals surface area contributed by atoms with E-state index in [0.29, 0.717) is 6.04 Å². The number of aliphatic hydroxyl groups excluding tert-OH is 1. The van der Waals surface area contributed by atoms with E-state index in [9.17, 15) is 5.11 Å². The Balaban J connectivity index is 1.46. The van der Waals surface area contributed by atoms with Crippen LogP contribution in [0.5, 0.6) is 0 Å². The van der Waals surface area contributed by atoms with E-state index in [1.54, 1.807) is 0 Å². The molecule has 2 heteroatoms. The van der Waals surface area contributed by atoms with E-state index in [-0.39, 0.29) is 6.10 Å². The second-order valence-electron chi connectivity index (χ2n) is 6.23. The summed E-state index contributed by atoms with van der Waals surface area (Å²) in [7, 11) is 0. The molecular weight excluding hydrogens is 270 g/mol. The number of fused-ring (bicyclic) bond motifs is 1. The highest BCUT2D eigenvalue weighted by atomic mass is 16.3. The van der Waals surface area contributed by atoms with Crippen molar-refractivity contribution in [3.8, 4) is 0 Å². The predicted molar refractivity (Wildman–Crippen MR) is 90.9 cm³/mol. The molecule has 3 rings (SSSR count). The van der Waals surface area contributed by atoms with Crippen LogP contribution in [0.1, 0.15) is 42.1 Å². The first-order valence-electron chi connectivity index (χ1n) is 8.36. The number of aryl methyl sites for hydroxylation is 2. The minimum Gasteiger partial charge on any atom is -0.388 e. The van der Waals surface area contributed by atoms with Gasteiger partial charge in [0.1, 0.15) is 0 Å². The Morgan fingerprint density at radius 1 is 1.00 bits per heavy atom. The molecule has 2 nitrogen and oxygen atoms in total. The maximum Gasteiger partial charge on any atom is 0.0807 e. The molecule has 1 aliphatic rings. The topological polar surface area (TPSA) is 32.3 Å². The van der Waals surface area contributed by atoms with Crippen LogP contribution in [0, 0.1) is 0 Å². The van der Waals surface area contributed by atoms with Crippen molar-refractivity contribution in [1.82, 2.24) is 5.32 Å². The van der Waals surface area contributed by atoms with Crippen molar-refractivity contribution in [1.29, 1.82) is 0 Å². The normalized spacial score (nSPS) is 21.1. The third-order valence-electron chi connectivity index (χ3n) is 4.60. The largest absolute Gasteiger partial charge is 0.388 e. The molecule has 0 fully saturated rings. The fourth-order valence-corrected chi connectivity index (χ4v) is 3.36. The zero-order chi connectivity index (χ0) is 15.2. The van der Waals surface area contributed by atoms with Crippen LogP contribution in [0.15, 0.2) is 54.6 Å². The summed E-state index contributed by atoms with van der Waals surface area (Å²) >= 11 is 0. The summed E-state index contributed by atoms with van der Waals surface area (Å²) in [6.45, 7) is 1.02. The zero-order valence-corrected chi connectivity index (χ0v) is 13.0. The van der Waals surface area contributed by atoms with Gasteiger partial charge in [0, 0.05) is 6.04 Å². The monoisotopic (exact) mass is 295 g/mol. The average molecular weight is 295 g/mol. The van der Waals surface area contributed by atoms with Crippen molar-refractivity contribution in [2.24, 2.45) is 0 Å². The van der Waals surface area contributed by atoms with Crippen LogP contribution in [0.2, 0.25) is 0 Å². The van der Waals surface area contributed by atoms with Crippen LogP contribution in [0.25, 0.3) is 0 Å². The molecule has 0 heterocycles. The van der Waals surface area contributed by atoms with Crippen molar-refractivity contribution >= 4 is 0 Å². The first-order chi connectivity index (χ1) is 10.8. The van der Waals surface area contributed by atoms with Gasteiger partial charge in [-0.3, -0.25) is 0 Å². The third kappa shape index (κ3) is 3.96. The van der Waals surface area contributed by atoms with Gasteiger partial charge in [-0.05, 0) is 55.3 Å². The first kappa shape index (κ1) is 15.3. The summed E-state index contributed by atoms with van der Waals surface area (Å²) in [5.74, 6) is 0. The van der Waals surface area contributed by atoms with Crippen LogP contribution in [-0.4, -0.2) is 17.7 Å². The molecule has 116 valence electrons. The molecular formula is C20H25NO. The Morgan fingerprint density at radius 3 is 2.64 bits per heavy atom. The van der Waals surface area contributed by atoms with Crippen LogP contribution >= 0.6 is 0 Å². The van der Waals surface area contributed by atoms with Crippen LogP contribution in [0.4, 0.5) is 0 Å². The van der Waals surface area contributed by atoms with Crippen molar-refractivity contribution in [2.75, 3.05) is 6.54 Å². The van der Waals surface area contributed by atoms with Gasteiger partial charge < -0.3 is 10.4 Å². The highest BCUT2D eigenvalue weighted by Gasteiger charge is 2.22. The Hall–Kier alpha value is -1.64. The standard InChI is InChI=1S/C20H25NO/c22-20-15-18(13-12-17-10-4-5-11-19(17)20)21-14-6-9-16-7-2-1-3-8-16/h1-5,7-8,10-11,18,20-22H,6,9,12-15H2. The summed E-state index contributed by atoms with van der Waals surface area (Å²) in [6, 6.07) is 19.4. The average Bonchev–Trinajstić information content (AvgIpc) is 2.72. The Kier molecular flexibility index (Phi) is 5.25. The SMILES string of the molecule is OC1CC(NCCCc2ccccc2)CCc2ccccc21. The molecule has 2 unspecified atom stereocenters. The first-order valence-corrected chi connectivity index (χ1v) is 8.36. The lowest BCUT2D eigenvalue weighted by molar-refractivity contribution is 0.153. The number of aliphatic hydroxyl groups is 1. The molecule has 22 heavy (non-hydrogen) atoms. The lowest BCUT2D eigenvalue weighted by atomic mass is 10.0. The third-order valence-corrected chi connectivity index (χ3v) is 4.60. The second-order valence-corrected chi connectivity index (χ2v) is 6.23. The van der Waals surface area contributed by atoms with E-state index in [1.807, 2.05) is 6.07 Å². The molecule has 2 aromatic rings. The maximum absolute atomic E-state index is 10.4. The molecule has 0 amide bonds. The van der Waals surface area contributed by atoms with Crippen LogP contribution in [0.3, 0.4) is 0 Å². The smallest absolute Gasteiger partial charge is 0.0807 e. The van der Waals surface area contributed by atoms with Crippen molar-refractivity contribution in [2.45, 2.75) is 44.2 Å². The Morgan fingerprint density at radius 2 is 1.77 bits per heavy atom. The van der Waals surface area contributed by atoms with Crippen LogP contribution < -0.4 is 5.32 Å². The molecule has 0 saturated carbocycles. The van der Waals surface area contributed by atoms with Gasteiger partial charge in [0.05, 0.1) is 6.10 Å². The van der Waals surface area contributed by atoms with E-state index in [4.69, 9.17) is 0 Å². The van der Waals surface area contributed by atoms with E-state index < -0.39 is 0 Å². The van der Waals surface area contributed by atoms with Gasteiger partial charge >= 0.3 is 0 Å². The van der Waals surface area contributed by atoms with Gasteiger partial charge in [-0.1, -0.05) is 54.6 Å². The van der Waals surface area contributed by atoms with Gasteiger partial charge in [0.15, 0.2) is 0 Å². The number of hydrogen-bond donors (Lipinski definition) is 2. The molecule has 0 saturated heterocycles. The summed E-state index contributed by atoms with van der Waals surface area (Å²) in [5.41, 5.74) is 3.83. The number of benzene rings is 2. The van der Waals surface area contributed by atoms with Crippen LogP contribution in [-0.2, 0) is 12.8 Å². The lowest BCUT2D eigenvalue weighted by Crippen LogP contribution is -2.31. The number of hydrogen-bond acceptors (Lipinski definition) is 2. The Bertz CT molecular complexity index is 581. The van der Waals surface area contributed by atoms with Crippen molar-refractivity contribution in [3.05, 3.63) is 71.3 Å². The summed E-state index contributed by atoms with van der Waals surface area (Å²) < 4.78 is 0. The summed E-state index contributed by atoms with van der Waals surface area (Å²) in [6.07, 6.45) is 4.92. The molecule has 0 spiro atoms. The number of rotatable bonds is 5. The fourth-order valence-electron chi connectivity index (χ4n) is 3.36.